The van der Waals surface area contributed by atoms with Gasteiger partial charge in [0.15, 0.2) is 5.96 Å². The van der Waals surface area contributed by atoms with E-state index in [0.717, 1.165) is 29.1 Å². The molecule has 1 aliphatic carbocycles. The normalized spacial score (nSPS) is 20.8. The Morgan fingerprint density at radius 1 is 1.39 bits per heavy atom. The third-order valence-electron chi connectivity index (χ3n) is 4.20. The van der Waals surface area contributed by atoms with Crippen molar-refractivity contribution < 1.29 is 4.74 Å². The first-order valence-electron chi connectivity index (χ1n) is 7.79. The average Bonchev–Trinajstić information content (AvgIpc) is 2.99. The number of benzene rings is 1. The summed E-state index contributed by atoms with van der Waals surface area (Å²) < 4.78 is 5.30. The van der Waals surface area contributed by atoms with E-state index in [0.29, 0.717) is 6.04 Å². The van der Waals surface area contributed by atoms with E-state index >= 15 is 0 Å². The molecule has 0 spiro atoms. The van der Waals surface area contributed by atoms with Crippen LogP contribution in [0.2, 0.25) is 0 Å². The molecule has 2 rings (SSSR count). The van der Waals surface area contributed by atoms with Crippen LogP contribution in [0.3, 0.4) is 0 Å². The van der Waals surface area contributed by atoms with E-state index in [1.807, 2.05) is 24.9 Å². The summed E-state index contributed by atoms with van der Waals surface area (Å²) >= 11 is 1.97. The Kier molecular flexibility index (Phi) is 9.12. The number of guanidine groups is 1. The third-order valence-corrected chi connectivity index (χ3v) is 5.30. The highest BCUT2D eigenvalue weighted by atomic mass is 127. The lowest BCUT2D eigenvalue weighted by molar-refractivity contribution is 0.411. The van der Waals surface area contributed by atoms with Crippen LogP contribution in [-0.4, -0.2) is 37.7 Å². The Labute approximate surface area is 161 Å². The standard InChI is InChI=1S/C17H27N3OS.HI/c1-12-9-13(5-8-16(12)21-3)11-19-17(18-2)20-14-6-7-15(10-14)22-4;/h5,8-9,14-15H,6-7,10-11H2,1-4H3,(H2,18,19,20);1H. The molecule has 23 heavy (non-hydrogen) atoms. The summed E-state index contributed by atoms with van der Waals surface area (Å²) in [5.74, 6) is 1.82. The Morgan fingerprint density at radius 2 is 2.17 bits per heavy atom. The highest BCUT2D eigenvalue weighted by Crippen LogP contribution is 2.28. The van der Waals surface area contributed by atoms with Crippen molar-refractivity contribution in [2.24, 2.45) is 4.99 Å². The Balaban J connectivity index is 0.00000264. The number of thioether (sulfide) groups is 1. The fraction of sp³-hybridized carbons (Fsp3) is 0.588. The van der Waals surface area contributed by atoms with E-state index in [-0.39, 0.29) is 24.0 Å². The molecule has 6 heteroatoms. The van der Waals surface area contributed by atoms with Gasteiger partial charge in [0.25, 0.3) is 0 Å². The van der Waals surface area contributed by atoms with Gasteiger partial charge in [-0.15, -0.1) is 24.0 Å². The smallest absolute Gasteiger partial charge is 0.191 e. The minimum absolute atomic E-state index is 0. The summed E-state index contributed by atoms with van der Waals surface area (Å²) in [4.78, 5) is 4.34. The second-order valence-corrected chi connectivity index (χ2v) is 6.88. The lowest BCUT2D eigenvalue weighted by Gasteiger charge is -2.17. The summed E-state index contributed by atoms with van der Waals surface area (Å²) in [7, 11) is 3.53. The molecule has 0 amide bonds. The van der Waals surface area contributed by atoms with Crippen LogP contribution >= 0.6 is 35.7 Å². The highest BCUT2D eigenvalue weighted by Gasteiger charge is 2.24. The van der Waals surface area contributed by atoms with Crippen LogP contribution in [0.15, 0.2) is 23.2 Å². The molecule has 130 valence electrons. The van der Waals surface area contributed by atoms with E-state index in [4.69, 9.17) is 4.74 Å². The minimum Gasteiger partial charge on any atom is -0.496 e. The molecule has 0 radical (unpaired) electrons. The molecule has 0 bridgehead atoms. The van der Waals surface area contributed by atoms with Gasteiger partial charge in [0.1, 0.15) is 5.75 Å². The predicted octanol–water partition coefficient (Wildman–Crippen LogP) is 3.57. The van der Waals surface area contributed by atoms with Crippen molar-refractivity contribution in [3.8, 4) is 5.75 Å². The Hall–Kier alpha value is -0.630. The number of aryl methyl sites for hydroxylation is 1. The number of hydrogen-bond acceptors (Lipinski definition) is 3. The molecule has 0 aromatic heterocycles. The summed E-state index contributed by atoms with van der Waals surface area (Å²) in [6, 6.07) is 6.80. The van der Waals surface area contributed by atoms with Gasteiger partial charge in [-0.05, 0) is 49.6 Å². The summed E-state index contributed by atoms with van der Waals surface area (Å²) in [6.45, 7) is 2.83. The van der Waals surface area contributed by atoms with Gasteiger partial charge in [0.05, 0.1) is 7.11 Å². The monoisotopic (exact) mass is 449 g/mol. The third kappa shape index (κ3) is 6.06. The van der Waals surface area contributed by atoms with Crippen LogP contribution in [0.1, 0.15) is 30.4 Å². The van der Waals surface area contributed by atoms with Crippen LogP contribution in [-0.2, 0) is 6.54 Å². The average molecular weight is 449 g/mol. The maximum absolute atomic E-state index is 5.30. The second-order valence-electron chi connectivity index (χ2n) is 5.74. The number of halogens is 1. The molecule has 2 atom stereocenters. The minimum atomic E-state index is 0. The van der Waals surface area contributed by atoms with Gasteiger partial charge in [0, 0.05) is 24.9 Å². The van der Waals surface area contributed by atoms with Crippen molar-refractivity contribution in [3.63, 3.8) is 0 Å². The lowest BCUT2D eigenvalue weighted by Crippen LogP contribution is -2.42. The zero-order chi connectivity index (χ0) is 15.9. The number of nitrogens with zero attached hydrogens (tertiary/aromatic N) is 1. The molecule has 1 aliphatic rings. The van der Waals surface area contributed by atoms with Crippen LogP contribution in [0.5, 0.6) is 5.75 Å². The van der Waals surface area contributed by atoms with Gasteiger partial charge < -0.3 is 15.4 Å². The molecular formula is C17H28IN3OS. The van der Waals surface area contributed by atoms with Gasteiger partial charge >= 0.3 is 0 Å². The number of ether oxygens (including phenoxy) is 1. The van der Waals surface area contributed by atoms with Gasteiger partial charge in [0.2, 0.25) is 0 Å². The first-order chi connectivity index (χ1) is 10.7. The molecule has 1 aromatic carbocycles. The van der Waals surface area contributed by atoms with Crippen molar-refractivity contribution in [1.82, 2.24) is 10.6 Å². The molecule has 0 aliphatic heterocycles. The zero-order valence-electron chi connectivity index (χ0n) is 14.4. The fourth-order valence-electron chi connectivity index (χ4n) is 2.91. The number of nitrogens with one attached hydrogen (secondary N) is 2. The maximum atomic E-state index is 5.30. The molecule has 0 saturated heterocycles. The Bertz CT molecular complexity index is 525. The van der Waals surface area contributed by atoms with Crippen molar-refractivity contribution in [2.45, 2.75) is 44.0 Å². The fourth-order valence-corrected chi connectivity index (χ4v) is 3.71. The molecule has 4 nitrogen and oxygen atoms in total. The first kappa shape index (κ1) is 20.4. The summed E-state index contributed by atoms with van der Waals surface area (Å²) in [6.07, 6.45) is 5.96. The summed E-state index contributed by atoms with van der Waals surface area (Å²) in [5, 5.41) is 7.73. The van der Waals surface area contributed by atoms with E-state index in [9.17, 15) is 0 Å². The van der Waals surface area contributed by atoms with Gasteiger partial charge in [-0.25, -0.2) is 0 Å². The maximum Gasteiger partial charge on any atom is 0.191 e. The van der Waals surface area contributed by atoms with E-state index in [2.05, 4.69) is 40.9 Å². The molecule has 0 heterocycles. The van der Waals surface area contributed by atoms with Gasteiger partial charge in [-0.1, -0.05) is 12.1 Å². The van der Waals surface area contributed by atoms with Crippen molar-refractivity contribution in [3.05, 3.63) is 29.3 Å². The van der Waals surface area contributed by atoms with E-state index in [1.54, 1.807) is 7.11 Å². The van der Waals surface area contributed by atoms with E-state index in [1.165, 1.54) is 24.8 Å². The van der Waals surface area contributed by atoms with Crippen LogP contribution in [0, 0.1) is 6.92 Å². The highest BCUT2D eigenvalue weighted by molar-refractivity contribution is 14.0. The second kappa shape index (κ2) is 10.3. The van der Waals surface area contributed by atoms with Crippen molar-refractivity contribution in [1.29, 1.82) is 0 Å². The number of methoxy groups -OCH3 is 1. The zero-order valence-corrected chi connectivity index (χ0v) is 17.5. The molecule has 1 aromatic rings. The quantitative estimate of drug-likeness (QED) is 0.410. The van der Waals surface area contributed by atoms with Gasteiger partial charge in [-0.2, -0.15) is 11.8 Å². The number of aliphatic imine (C=N–C) groups is 1. The molecule has 2 N–H and O–H groups in total. The molecule has 1 fully saturated rings. The van der Waals surface area contributed by atoms with Crippen LogP contribution < -0.4 is 15.4 Å². The van der Waals surface area contributed by atoms with Crippen LogP contribution in [0.4, 0.5) is 0 Å². The van der Waals surface area contributed by atoms with E-state index < -0.39 is 0 Å². The largest absolute Gasteiger partial charge is 0.496 e. The topological polar surface area (TPSA) is 45.7 Å². The van der Waals surface area contributed by atoms with Crippen molar-refractivity contribution in [2.75, 3.05) is 20.4 Å². The summed E-state index contributed by atoms with van der Waals surface area (Å²) in [5.41, 5.74) is 2.39. The SMILES string of the molecule is CN=C(NCc1ccc(OC)c(C)c1)NC1CCC(SC)C1.I. The number of rotatable bonds is 5. The molecule has 1 saturated carbocycles. The van der Waals surface area contributed by atoms with Gasteiger partial charge in [-0.3, -0.25) is 4.99 Å². The lowest BCUT2D eigenvalue weighted by atomic mass is 10.1. The Morgan fingerprint density at radius 3 is 2.74 bits per heavy atom. The molecular weight excluding hydrogens is 421 g/mol. The predicted molar refractivity (Wildman–Crippen MR) is 111 cm³/mol. The van der Waals surface area contributed by atoms with Crippen LogP contribution in [0.25, 0.3) is 0 Å². The first-order valence-corrected chi connectivity index (χ1v) is 9.08. The number of hydrogen-bond donors (Lipinski definition) is 2. The van der Waals surface area contributed by atoms with Crippen molar-refractivity contribution >= 4 is 41.7 Å². The molecule has 2 unspecified atom stereocenters.